The number of aryl methyl sites for hydroxylation is 1. The summed E-state index contributed by atoms with van der Waals surface area (Å²) in [5.74, 6) is 0. The van der Waals surface area contributed by atoms with Gasteiger partial charge in [-0.05, 0) is 47.5 Å². The Kier molecular flexibility index (Phi) is 4.49. The predicted molar refractivity (Wildman–Crippen MR) is 65.7 cm³/mol. The molecule has 16 heavy (non-hydrogen) atoms. The fourth-order valence-corrected chi connectivity index (χ4v) is 3.29. The van der Waals surface area contributed by atoms with Crippen molar-refractivity contribution in [2.75, 3.05) is 6.54 Å². The van der Waals surface area contributed by atoms with Crippen molar-refractivity contribution in [3.8, 4) is 0 Å². The molecule has 0 radical (unpaired) electrons. The lowest BCUT2D eigenvalue weighted by atomic mass is 10.2. The van der Waals surface area contributed by atoms with Gasteiger partial charge in [-0.2, -0.15) is 0 Å². The second-order valence-corrected chi connectivity index (χ2v) is 6.22. The molecule has 1 aromatic carbocycles. The molecule has 1 rings (SSSR count). The van der Waals surface area contributed by atoms with Gasteiger partial charge in [0.25, 0.3) is 0 Å². The van der Waals surface area contributed by atoms with Crippen molar-refractivity contribution in [2.24, 2.45) is 0 Å². The Morgan fingerprint density at radius 1 is 1.50 bits per heavy atom. The minimum Gasteiger partial charge on any atom is -0.392 e. The maximum Gasteiger partial charge on any atom is 0.241 e. The standard InChI is InChI=1S/C10H14BrNO3S/c1-7-3-4-9(11)10(5-7)16(14,15)12-6-8(2)13/h3-5,8,12-13H,6H2,1-2H3. The molecule has 1 atom stereocenters. The van der Waals surface area contributed by atoms with Crippen LogP contribution in [-0.4, -0.2) is 26.2 Å². The van der Waals surface area contributed by atoms with Crippen LogP contribution in [0, 0.1) is 6.92 Å². The van der Waals surface area contributed by atoms with Crippen molar-refractivity contribution in [1.82, 2.24) is 4.72 Å². The van der Waals surface area contributed by atoms with Crippen molar-refractivity contribution in [3.63, 3.8) is 0 Å². The van der Waals surface area contributed by atoms with E-state index in [2.05, 4.69) is 20.7 Å². The number of aliphatic hydroxyl groups excluding tert-OH is 1. The molecule has 0 aliphatic rings. The number of benzene rings is 1. The Morgan fingerprint density at radius 3 is 2.69 bits per heavy atom. The van der Waals surface area contributed by atoms with Crippen molar-refractivity contribution in [2.45, 2.75) is 24.8 Å². The van der Waals surface area contributed by atoms with Gasteiger partial charge in [-0.15, -0.1) is 0 Å². The molecule has 0 saturated heterocycles. The summed E-state index contributed by atoms with van der Waals surface area (Å²) >= 11 is 3.19. The second-order valence-electron chi connectivity index (χ2n) is 3.63. The average molecular weight is 308 g/mol. The molecule has 0 amide bonds. The highest BCUT2D eigenvalue weighted by Gasteiger charge is 2.17. The number of nitrogens with one attached hydrogen (secondary N) is 1. The highest BCUT2D eigenvalue weighted by Crippen LogP contribution is 2.22. The maximum atomic E-state index is 11.9. The Labute approximate surface area is 104 Å². The van der Waals surface area contributed by atoms with Gasteiger partial charge in [0.2, 0.25) is 10.0 Å². The van der Waals surface area contributed by atoms with Gasteiger partial charge in [0, 0.05) is 11.0 Å². The Balaban J connectivity index is 3.02. The minimum absolute atomic E-state index is 0.00269. The molecule has 1 aromatic rings. The van der Waals surface area contributed by atoms with E-state index in [1.54, 1.807) is 12.1 Å². The lowest BCUT2D eigenvalue weighted by molar-refractivity contribution is 0.198. The van der Waals surface area contributed by atoms with Crippen molar-refractivity contribution in [1.29, 1.82) is 0 Å². The van der Waals surface area contributed by atoms with Crippen LogP contribution in [0.4, 0.5) is 0 Å². The van der Waals surface area contributed by atoms with Gasteiger partial charge in [-0.3, -0.25) is 0 Å². The van der Waals surface area contributed by atoms with Crippen LogP contribution in [0.1, 0.15) is 12.5 Å². The van der Waals surface area contributed by atoms with E-state index >= 15 is 0 Å². The molecular formula is C10H14BrNO3S. The molecule has 0 aromatic heterocycles. The first-order valence-corrected chi connectivity index (χ1v) is 7.04. The lowest BCUT2D eigenvalue weighted by Gasteiger charge is -2.10. The number of halogens is 1. The molecule has 1 unspecified atom stereocenters. The van der Waals surface area contributed by atoms with Crippen LogP contribution in [0.5, 0.6) is 0 Å². The monoisotopic (exact) mass is 307 g/mol. The van der Waals surface area contributed by atoms with E-state index < -0.39 is 16.1 Å². The zero-order chi connectivity index (χ0) is 12.3. The summed E-state index contributed by atoms with van der Waals surface area (Å²) in [5, 5.41) is 9.05. The van der Waals surface area contributed by atoms with E-state index in [-0.39, 0.29) is 11.4 Å². The van der Waals surface area contributed by atoms with E-state index in [9.17, 15) is 8.42 Å². The van der Waals surface area contributed by atoms with Gasteiger partial charge in [-0.25, -0.2) is 13.1 Å². The first kappa shape index (κ1) is 13.6. The summed E-state index contributed by atoms with van der Waals surface area (Å²) in [4.78, 5) is 0.188. The molecule has 90 valence electrons. The smallest absolute Gasteiger partial charge is 0.241 e. The van der Waals surface area contributed by atoms with E-state index in [1.165, 1.54) is 6.92 Å². The Bertz CT molecular complexity index is 471. The topological polar surface area (TPSA) is 66.4 Å². The minimum atomic E-state index is -3.57. The quantitative estimate of drug-likeness (QED) is 0.884. The molecule has 0 saturated carbocycles. The van der Waals surface area contributed by atoms with Gasteiger partial charge in [-0.1, -0.05) is 6.07 Å². The molecule has 2 N–H and O–H groups in total. The van der Waals surface area contributed by atoms with Crippen LogP contribution in [0.15, 0.2) is 27.6 Å². The lowest BCUT2D eigenvalue weighted by Crippen LogP contribution is -2.30. The van der Waals surface area contributed by atoms with E-state index in [4.69, 9.17) is 5.11 Å². The normalized spacial score (nSPS) is 13.8. The van der Waals surface area contributed by atoms with E-state index in [0.717, 1.165) is 5.56 Å². The summed E-state index contributed by atoms with van der Waals surface area (Å²) < 4.78 is 26.6. The summed E-state index contributed by atoms with van der Waals surface area (Å²) in [6, 6.07) is 5.08. The van der Waals surface area contributed by atoms with Gasteiger partial charge in [0.15, 0.2) is 0 Å². The highest BCUT2D eigenvalue weighted by atomic mass is 79.9. The van der Waals surface area contributed by atoms with Crippen molar-refractivity contribution >= 4 is 26.0 Å². The maximum absolute atomic E-state index is 11.9. The van der Waals surface area contributed by atoms with Crippen molar-refractivity contribution < 1.29 is 13.5 Å². The third-order valence-corrected chi connectivity index (χ3v) is 4.36. The van der Waals surface area contributed by atoms with Gasteiger partial charge >= 0.3 is 0 Å². The Morgan fingerprint density at radius 2 is 2.12 bits per heavy atom. The predicted octanol–water partition coefficient (Wildman–Crippen LogP) is 1.42. The zero-order valence-electron chi connectivity index (χ0n) is 9.07. The number of aliphatic hydroxyl groups is 1. The number of hydrogen-bond donors (Lipinski definition) is 2. The molecule has 0 heterocycles. The summed E-state index contributed by atoms with van der Waals surface area (Å²) in [7, 11) is -3.57. The molecule has 0 aliphatic carbocycles. The molecule has 4 nitrogen and oxygen atoms in total. The number of sulfonamides is 1. The fraction of sp³-hybridized carbons (Fsp3) is 0.400. The summed E-state index contributed by atoms with van der Waals surface area (Å²) in [6.07, 6.45) is -0.710. The Hall–Kier alpha value is -0.430. The molecular weight excluding hydrogens is 294 g/mol. The second kappa shape index (κ2) is 5.27. The van der Waals surface area contributed by atoms with Crippen LogP contribution in [-0.2, 0) is 10.0 Å². The van der Waals surface area contributed by atoms with Crippen LogP contribution < -0.4 is 4.72 Å². The largest absolute Gasteiger partial charge is 0.392 e. The fourth-order valence-electron chi connectivity index (χ4n) is 1.12. The van der Waals surface area contributed by atoms with E-state index in [1.807, 2.05) is 13.0 Å². The van der Waals surface area contributed by atoms with Crippen LogP contribution in [0.25, 0.3) is 0 Å². The summed E-state index contributed by atoms with van der Waals surface area (Å²) in [6.45, 7) is 3.34. The van der Waals surface area contributed by atoms with Crippen LogP contribution in [0.3, 0.4) is 0 Å². The first-order valence-electron chi connectivity index (χ1n) is 4.77. The zero-order valence-corrected chi connectivity index (χ0v) is 11.5. The summed E-state index contributed by atoms with van der Waals surface area (Å²) in [5.41, 5.74) is 0.862. The van der Waals surface area contributed by atoms with E-state index in [0.29, 0.717) is 4.47 Å². The molecule has 0 spiro atoms. The molecule has 0 aliphatic heterocycles. The number of hydrogen-bond acceptors (Lipinski definition) is 3. The van der Waals surface area contributed by atoms with Gasteiger partial charge in [0.05, 0.1) is 11.0 Å². The number of rotatable bonds is 4. The SMILES string of the molecule is Cc1ccc(Br)c(S(=O)(=O)NCC(C)O)c1. The molecule has 0 fully saturated rings. The van der Waals surface area contributed by atoms with Gasteiger partial charge in [0.1, 0.15) is 0 Å². The van der Waals surface area contributed by atoms with Crippen LogP contribution in [0.2, 0.25) is 0 Å². The third kappa shape index (κ3) is 3.55. The first-order chi connectivity index (χ1) is 7.33. The van der Waals surface area contributed by atoms with Crippen LogP contribution >= 0.6 is 15.9 Å². The third-order valence-electron chi connectivity index (χ3n) is 1.94. The average Bonchev–Trinajstić information content (AvgIpc) is 2.19. The highest BCUT2D eigenvalue weighted by molar-refractivity contribution is 9.10. The van der Waals surface area contributed by atoms with Gasteiger partial charge < -0.3 is 5.11 Å². The molecule has 6 heteroatoms. The molecule has 0 bridgehead atoms. The van der Waals surface area contributed by atoms with Crippen molar-refractivity contribution in [3.05, 3.63) is 28.2 Å².